The number of benzene rings is 3. The van der Waals surface area contributed by atoms with E-state index in [1.54, 1.807) is 11.3 Å². The molecule has 0 fully saturated rings. The van der Waals surface area contributed by atoms with Crippen molar-refractivity contribution in [3.05, 3.63) is 94.5 Å². The molecule has 0 spiro atoms. The average Bonchev–Trinajstić information content (AvgIpc) is 3.28. The van der Waals surface area contributed by atoms with Crippen LogP contribution in [0.4, 0.5) is 5.13 Å². The van der Waals surface area contributed by atoms with Crippen LogP contribution in [0.1, 0.15) is 35.4 Å². The highest BCUT2D eigenvalue weighted by molar-refractivity contribution is 7.22. The molecule has 0 radical (unpaired) electrons. The van der Waals surface area contributed by atoms with Crippen molar-refractivity contribution in [3.8, 4) is 0 Å². The fourth-order valence-corrected chi connectivity index (χ4v) is 5.38. The van der Waals surface area contributed by atoms with Crippen molar-refractivity contribution in [3.63, 3.8) is 0 Å². The molecular formula is C28H30ClN3OS. The van der Waals surface area contributed by atoms with Crippen LogP contribution in [0.15, 0.2) is 72.8 Å². The SMILES string of the molecule is Cc1c(Cl)ccc2sc(N(CCCN(C)C)C(=O)CC(c3ccccc3)c3ccccc3)nc12. The summed E-state index contributed by atoms with van der Waals surface area (Å²) in [6, 6.07) is 24.4. The number of aryl methyl sites for hydroxylation is 1. The van der Waals surface area contributed by atoms with Crippen LogP contribution in [0.3, 0.4) is 0 Å². The predicted octanol–water partition coefficient (Wildman–Crippen LogP) is 6.77. The Labute approximate surface area is 210 Å². The molecule has 0 aliphatic heterocycles. The zero-order valence-electron chi connectivity index (χ0n) is 19.9. The zero-order valence-corrected chi connectivity index (χ0v) is 21.4. The van der Waals surface area contributed by atoms with Gasteiger partial charge in [0.2, 0.25) is 5.91 Å². The Kier molecular flexibility index (Phi) is 7.99. The van der Waals surface area contributed by atoms with Crippen LogP contribution < -0.4 is 4.90 Å². The normalized spacial score (nSPS) is 11.5. The quantitative estimate of drug-likeness (QED) is 0.259. The topological polar surface area (TPSA) is 36.4 Å². The predicted molar refractivity (Wildman–Crippen MR) is 144 cm³/mol. The van der Waals surface area contributed by atoms with Gasteiger partial charge in [0.1, 0.15) is 0 Å². The van der Waals surface area contributed by atoms with E-state index in [4.69, 9.17) is 16.6 Å². The van der Waals surface area contributed by atoms with E-state index in [1.165, 1.54) is 0 Å². The maximum Gasteiger partial charge on any atom is 0.229 e. The van der Waals surface area contributed by atoms with Crippen molar-refractivity contribution < 1.29 is 4.79 Å². The van der Waals surface area contributed by atoms with Gasteiger partial charge in [0.25, 0.3) is 0 Å². The number of carbonyl (C=O) groups is 1. The second kappa shape index (κ2) is 11.1. The number of thiazole rings is 1. The highest BCUT2D eigenvalue weighted by Crippen LogP contribution is 2.35. The minimum Gasteiger partial charge on any atom is -0.309 e. The first kappa shape index (κ1) is 24.4. The zero-order chi connectivity index (χ0) is 24.1. The number of nitrogens with zero attached hydrogens (tertiary/aromatic N) is 3. The number of rotatable bonds is 9. The summed E-state index contributed by atoms with van der Waals surface area (Å²) in [4.78, 5) is 22.7. The van der Waals surface area contributed by atoms with Gasteiger partial charge >= 0.3 is 0 Å². The molecule has 1 heterocycles. The second-order valence-electron chi connectivity index (χ2n) is 8.80. The first-order chi connectivity index (χ1) is 16.4. The van der Waals surface area contributed by atoms with Crippen LogP contribution in [0.5, 0.6) is 0 Å². The number of aromatic nitrogens is 1. The lowest BCUT2D eigenvalue weighted by Crippen LogP contribution is -2.34. The number of fused-ring (bicyclic) bond motifs is 1. The van der Waals surface area contributed by atoms with Crippen LogP contribution in [0.25, 0.3) is 10.2 Å². The Balaban J connectivity index is 1.67. The molecule has 0 saturated carbocycles. The lowest BCUT2D eigenvalue weighted by Gasteiger charge is -2.24. The second-order valence-corrected chi connectivity index (χ2v) is 10.2. The molecule has 4 aromatic rings. The minimum atomic E-state index is -0.0168. The molecule has 0 unspecified atom stereocenters. The van der Waals surface area contributed by atoms with Crippen molar-refractivity contribution in [2.45, 2.75) is 25.7 Å². The van der Waals surface area contributed by atoms with Crippen molar-refractivity contribution in [2.24, 2.45) is 0 Å². The van der Waals surface area contributed by atoms with Crippen LogP contribution in [0.2, 0.25) is 5.02 Å². The number of hydrogen-bond donors (Lipinski definition) is 0. The lowest BCUT2D eigenvalue weighted by molar-refractivity contribution is -0.118. The molecule has 1 aromatic heterocycles. The van der Waals surface area contributed by atoms with E-state index in [-0.39, 0.29) is 11.8 Å². The summed E-state index contributed by atoms with van der Waals surface area (Å²) in [5.41, 5.74) is 4.11. The third-order valence-corrected chi connectivity index (χ3v) is 7.49. The van der Waals surface area contributed by atoms with Crippen LogP contribution in [-0.2, 0) is 4.79 Å². The molecule has 1 amide bonds. The van der Waals surface area contributed by atoms with Crippen LogP contribution in [-0.4, -0.2) is 43.0 Å². The van der Waals surface area contributed by atoms with Gasteiger partial charge in [-0.2, -0.15) is 0 Å². The molecular weight excluding hydrogens is 462 g/mol. The summed E-state index contributed by atoms with van der Waals surface area (Å²) in [5, 5.41) is 1.44. The van der Waals surface area contributed by atoms with E-state index in [0.717, 1.165) is 45.0 Å². The molecule has 34 heavy (non-hydrogen) atoms. The largest absolute Gasteiger partial charge is 0.309 e. The molecule has 0 atom stereocenters. The van der Waals surface area contributed by atoms with Gasteiger partial charge in [-0.1, -0.05) is 83.6 Å². The van der Waals surface area contributed by atoms with E-state index >= 15 is 0 Å². The fraction of sp³-hybridized carbons (Fsp3) is 0.286. The molecule has 0 saturated heterocycles. The molecule has 0 bridgehead atoms. The summed E-state index contributed by atoms with van der Waals surface area (Å²) < 4.78 is 1.05. The first-order valence-corrected chi connectivity index (χ1v) is 12.7. The molecule has 6 heteroatoms. The van der Waals surface area contributed by atoms with Crippen molar-refractivity contribution in [1.82, 2.24) is 9.88 Å². The maximum atomic E-state index is 13.9. The number of anilines is 1. The van der Waals surface area contributed by atoms with Crippen molar-refractivity contribution in [2.75, 3.05) is 32.1 Å². The van der Waals surface area contributed by atoms with E-state index in [9.17, 15) is 4.79 Å². The fourth-order valence-electron chi connectivity index (χ4n) is 4.16. The van der Waals surface area contributed by atoms with Gasteiger partial charge in [0.05, 0.1) is 10.2 Å². The Morgan fingerprint density at radius 2 is 1.56 bits per heavy atom. The summed E-state index contributed by atoms with van der Waals surface area (Å²) in [6.45, 7) is 3.51. The van der Waals surface area contributed by atoms with Gasteiger partial charge in [0.15, 0.2) is 5.13 Å². The molecule has 4 nitrogen and oxygen atoms in total. The number of hydrogen-bond acceptors (Lipinski definition) is 4. The van der Waals surface area contributed by atoms with Gasteiger partial charge in [0, 0.05) is 23.9 Å². The number of amides is 1. The Bertz CT molecular complexity index is 1200. The highest BCUT2D eigenvalue weighted by Gasteiger charge is 2.25. The molecule has 0 aliphatic carbocycles. The van der Waals surface area contributed by atoms with Crippen molar-refractivity contribution >= 4 is 44.2 Å². The average molecular weight is 492 g/mol. The summed E-state index contributed by atoms with van der Waals surface area (Å²) in [7, 11) is 4.10. The standard InChI is InChI=1S/C28H30ClN3OS/c1-20-24(29)15-16-25-27(20)30-28(34-25)32(18-10-17-31(2)3)26(33)19-23(21-11-6-4-7-12-21)22-13-8-5-9-14-22/h4-9,11-16,23H,10,17-19H2,1-3H3. The molecule has 0 aliphatic rings. The summed E-state index contributed by atoms with van der Waals surface area (Å²) in [6.07, 6.45) is 1.25. The molecule has 3 aromatic carbocycles. The first-order valence-electron chi connectivity index (χ1n) is 11.5. The molecule has 176 valence electrons. The smallest absolute Gasteiger partial charge is 0.229 e. The third-order valence-electron chi connectivity index (χ3n) is 6.04. The third kappa shape index (κ3) is 5.66. The van der Waals surface area contributed by atoms with Crippen LogP contribution in [0, 0.1) is 6.92 Å². The van der Waals surface area contributed by atoms with Gasteiger partial charge in [-0.05, 0) is 62.8 Å². The van der Waals surface area contributed by atoms with E-state index < -0.39 is 0 Å². The highest BCUT2D eigenvalue weighted by atomic mass is 35.5. The van der Waals surface area contributed by atoms with E-state index in [2.05, 4.69) is 43.3 Å². The monoisotopic (exact) mass is 491 g/mol. The van der Waals surface area contributed by atoms with E-state index in [1.807, 2.05) is 60.4 Å². The molecule has 4 rings (SSSR count). The number of carbonyl (C=O) groups excluding carboxylic acids is 1. The Hall–Kier alpha value is -2.73. The number of halogens is 1. The lowest BCUT2D eigenvalue weighted by atomic mass is 9.88. The van der Waals surface area contributed by atoms with Gasteiger partial charge in [-0.15, -0.1) is 0 Å². The molecule has 0 N–H and O–H groups in total. The van der Waals surface area contributed by atoms with Crippen molar-refractivity contribution in [1.29, 1.82) is 0 Å². The van der Waals surface area contributed by atoms with Gasteiger partial charge < -0.3 is 4.90 Å². The minimum absolute atomic E-state index is 0.0168. The Morgan fingerprint density at radius 1 is 0.941 bits per heavy atom. The van der Waals surface area contributed by atoms with Gasteiger partial charge in [-0.25, -0.2) is 4.98 Å². The summed E-state index contributed by atoms with van der Waals surface area (Å²) >= 11 is 7.90. The maximum absolute atomic E-state index is 13.9. The van der Waals surface area contributed by atoms with Gasteiger partial charge in [-0.3, -0.25) is 9.69 Å². The Morgan fingerprint density at radius 3 is 2.15 bits per heavy atom. The van der Waals surface area contributed by atoms with Crippen LogP contribution >= 0.6 is 22.9 Å². The van der Waals surface area contributed by atoms with E-state index in [0.29, 0.717) is 18.0 Å². The summed E-state index contributed by atoms with van der Waals surface area (Å²) in [5.74, 6) is 0.0658.